The van der Waals surface area contributed by atoms with Crippen LogP contribution in [0.25, 0.3) is 0 Å². The maximum Gasteiger partial charge on any atom is 0.358 e. The zero-order valence-corrected chi connectivity index (χ0v) is 10.3. The highest BCUT2D eigenvalue weighted by molar-refractivity contribution is 6.02. The van der Waals surface area contributed by atoms with Crippen LogP contribution < -0.4 is 10.6 Å². The number of amides is 2. The van der Waals surface area contributed by atoms with Crippen LogP contribution in [0.4, 0.5) is 25.1 Å². The van der Waals surface area contributed by atoms with Crippen molar-refractivity contribution in [2.24, 2.45) is 0 Å². The fourth-order valence-electron chi connectivity index (χ4n) is 1.44. The zero-order chi connectivity index (χ0) is 15.4. The zero-order valence-electron chi connectivity index (χ0n) is 10.3. The highest BCUT2D eigenvalue weighted by Gasteiger charge is 2.15. The Kier molecular flexibility index (Phi) is 4.02. The van der Waals surface area contributed by atoms with E-state index in [-0.39, 0.29) is 11.5 Å². The summed E-state index contributed by atoms with van der Waals surface area (Å²) in [6.07, 6.45) is 2.33. The molecular weight excluding hydrogens is 286 g/mol. The molecule has 2 rings (SSSR count). The van der Waals surface area contributed by atoms with E-state index >= 15 is 0 Å². The molecule has 0 unspecified atom stereocenters. The number of anilines is 2. The highest BCUT2D eigenvalue weighted by Crippen LogP contribution is 2.15. The molecule has 1 aromatic carbocycles. The molecule has 0 aliphatic heterocycles. The number of carbonyl (C=O) groups excluding carboxylic acids is 1. The molecule has 0 spiro atoms. The predicted octanol–water partition coefficient (Wildman–Crippen LogP) is 2.10. The number of nitrogens with zero attached hydrogens (tertiary/aromatic N) is 2. The molecule has 3 N–H and O–H groups in total. The standard InChI is InChI=1S/C12H8F2N4O3/c13-6-1-2-8(7(14)5-6)17-12(21)18-10-9(11(19)20)15-3-4-16-10/h1-5H,(H,19,20)(H2,16,17,18,21). The first kappa shape index (κ1) is 14.3. The Morgan fingerprint density at radius 3 is 2.48 bits per heavy atom. The minimum absolute atomic E-state index is 0.269. The first-order valence-electron chi connectivity index (χ1n) is 5.54. The maximum atomic E-state index is 13.4. The van der Waals surface area contributed by atoms with Crippen molar-refractivity contribution in [3.8, 4) is 0 Å². The lowest BCUT2D eigenvalue weighted by molar-refractivity contribution is 0.0691. The monoisotopic (exact) mass is 294 g/mol. The molecular formula is C12H8F2N4O3. The molecule has 1 heterocycles. The van der Waals surface area contributed by atoms with Crippen molar-refractivity contribution in [2.45, 2.75) is 0 Å². The average molecular weight is 294 g/mol. The van der Waals surface area contributed by atoms with E-state index < -0.39 is 29.3 Å². The van der Waals surface area contributed by atoms with E-state index in [0.29, 0.717) is 6.07 Å². The second-order valence-corrected chi connectivity index (χ2v) is 3.76. The van der Waals surface area contributed by atoms with Gasteiger partial charge in [0, 0.05) is 18.5 Å². The van der Waals surface area contributed by atoms with E-state index in [9.17, 15) is 18.4 Å². The molecule has 0 bridgehead atoms. The molecule has 0 radical (unpaired) electrons. The first-order valence-corrected chi connectivity index (χ1v) is 5.54. The Morgan fingerprint density at radius 1 is 1.10 bits per heavy atom. The van der Waals surface area contributed by atoms with Crippen LogP contribution in [-0.4, -0.2) is 27.1 Å². The summed E-state index contributed by atoms with van der Waals surface area (Å²) in [6, 6.07) is 1.65. The van der Waals surface area contributed by atoms with E-state index in [2.05, 4.69) is 20.6 Å². The van der Waals surface area contributed by atoms with Crippen LogP contribution >= 0.6 is 0 Å². The van der Waals surface area contributed by atoms with Gasteiger partial charge in [-0.3, -0.25) is 5.32 Å². The van der Waals surface area contributed by atoms with Gasteiger partial charge in [-0.2, -0.15) is 0 Å². The van der Waals surface area contributed by atoms with Gasteiger partial charge in [0.2, 0.25) is 0 Å². The van der Waals surface area contributed by atoms with Crippen LogP contribution in [0.1, 0.15) is 10.5 Å². The third-order valence-electron chi connectivity index (χ3n) is 2.31. The number of nitrogens with one attached hydrogen (secondary N) is 2. The topological polar surface area (TPSA) is 104 Å². The molecule has 108 valence electrons. The van der Waals surface area contributed by atoms with Gasteiger partial charge < -0.3 is 10.4 Å². The van der Waals surface area contributed by atoms with Crippen LogP contribution in [-0.2, 0) is 0 Å². The van der Waals surface area contributed by atoms with E-state index in [1.165, 1.54) is 6.20 Å². The maximum absolute atomic E-state index is 13.4. The summed E-state index contributed by atoms with van der Waals surface area (Å²) in [7, 11) is 0. The lowest BCUT2D eigenvalue weighted by Gasteiger charge is -2.08. The van der Waals surface area contributed by atoms with E-state index in [0.717, 1.165) is 18.3 Å². The fraction of sp³-hybridized carbons (Fsp3) is 0. The van der Waals surface area contributed by atoms with Gasteiger partial charge in [-0.1, -0.05) is 0 Å². The Bertz CT molecular complexity index is 709. The Hall–Kier alpha value is -3.10. The number of carbonyl (C=O) groups is 2. The number of carboxylic acid groups (broad SMARTS) is 1. The average Bonchev–Trinajstić information content (AvgIpc) is 2.42. The molecule has 0 aliphatic rings. The lowest BCUT2D eigenvalue weighted by atomic mass is 10.3. The summed E-state index contributed by atoms with van der Waals surface area (Å²) in [5, 5.41) is 13.1. The van der Waals surface area contributed by atoms with Crippen molar-refractivity contribution < 1.29 is 23.5 Å². The SMILES string of the molecule is O=C(Nc1ccc(F)cc1F)Nc1nccnc1C(=O)O. The molecule has 7 nitrogen and oxygen atoms in total. The third-order valence-corrected chi connectivity index (χ3v) is 2.31. The van der Waals surface area contributed by atoms with Crippen molar-refractivity contribution >= 4 is 23.5 Å². The quantitative estimate of drug-likeness (QED) is 0.804. The van der Waals surface area contributed by atoms with Crippen molar-refractivity contribution in [1.82, 2.24) is 9.97 Å². The number of halogens is 2. The minimum Gasteiger partial charge on any atom is -0.476 e. The van der Waals surface area contributed by atoms with Crippen LogP contribution in [0.2, 0.25) is 0 Å². The van der Waals surface area contributed by atoms with Gasteiger partial charge in [0.1, 0.15) is 11.6 Å². The summed E-state index contributed by atoms with van der Waals surface area (Å²) >= 11 is 0. The normalized spacial score (nSPS) is 10.0. The van der Waals surface area contributed by atoms with E-state index in [1.807, 2.05) is 0 Å². The molecule has 2 aromatic rings. The van der Waals surface area contributed by atoms with E-state index in [1.54, 1.807) is 0 Å². The second kappa shape index (κ2) is 5.90. The van der Waals surface area contributed by atoms with Crippen molar-refractivity contribution in [2.75, 3.05) is 10.6 Å². The largest absolute Gasteiger partial charge is 0.476 e. The van der Waals surface area contributed by atoms with Gasteiger partial charge in [0.15, 0.2) is 11.5 Å². The molecule has 0 aliphatic carbocycles. The van der Waals surface area contributed by atoms with Crippen LogP contribution in [0.15, 0.2) is 30.6 Å². The van der Waals surface area contributed by atoms with Gasteiger partial charge in [-0.15, -0.1) is 0 Å². The Morgan fingerprint density at radius 2 is 1.81 bits per heavy atom. The van der Waals surface area contributed by atoms with Crippen LogP contribution in [0.5, 0.6) is 0 Å². The van der Waals surface area contributed by atoms with Crippen LogP contribution in [0.3, 0.4) is 0 Å². The van der Waals surface area contributed by atoms with Gasteiger partial charge in [-0.25, -0.2) is 28.3 Å². The Labute approximate surface area is 116 Å². The van der Waals surface area contributed by atoms with Gasteiger partial charge in [0.05, 0.1) is 5.69 Å². The number of benzene rings is 1. The molecule has 21 heavy (non-hydrogen) atoms. The van der Waals surface area contributed by atoms with Crippen LogP contribution in [0, 0.1) is 11.6 Å². The first-order chi connectivity index (χ1) is 9.97. The summed E-state index contributed by atoms with van der Waals surface area (Å²) in [4.78, 5) is 29.7. The molecule has 1 aromatic heterocycles. The smallest absolute Gasteiger partial charge is 0.358 e. The van der Waals surface area contributed by atoms with Crippen molar-refractivity contribution in [3.05, 3.63) is 47.9 Å². The minimum atomic E-state index is -1.38. The number of aromatic carboxylic acids is 1. The van der Waals surface area contributed by atoms with Crippen molar-refractivity contribution in [1.29, 1.82) is 0 Å². The summed E-state index contributed by atoms with van der Waals surface area (Å²) in [5.41, 5.74) is -0.734. The summed E-state index contributed by atoms with van der Waals surface area (Å²) < 4.78 is 26.1. The van der Waals surface area contributed by atoms with Gasteiger partial charge in [0.25, 0.3) is 0 Å². The number of aromatic nitrogens is 2. The molecule has 0 saturated carbocycles. The second-order valence-electron chi connectivity index (χ2n) is 3.76. The summed E-state index contributed by atoms with van der Waals surface area (Å²) in [6.45, 7) is 0. The highest BCUT2D eigenvalue weighted by atomic mass is 19.1. The number of urea groups is 1. The summed E-state index contributed by atoms with van der Waals surface area (Å²) in [5.74, 6) is -3.44. The molecule has 0 fully saturated rings. The molecule has 0 atom stereocenters. The molecule has 9 heteroatoms. The lowest BCUT2D eigenvalue weighted by Crippen LogP contribution is -2.22. The number of rotatable bonds is 3. The van der Waals surface area contributed by atoms with Gasteiger partial charge in [-0.05, 0) is 12.1 Å². The Balaban J connectivity index is 2.14. The number of hydrogen-bond donors (Lipinski definition) is 3. The van der Waals surface area contributed by atoms with Gasteiger partial charge >= 0.3 is 12.0 Å². The predicted molar refractivity (Wildman–Crippen MR) is 68.0 cm³/mol. The molecule has 0 saturated heterocycles. The number of hydrogen-bond acceptors (Lipinski definition) is 4. The van der Waals surface area contributed by atoms with E-state index in [4.69, 9.17) is 5.11 Å². The fourth-order valence-corrected chi connectivity index (χ4v) is 1.44. The molecule has 2 amide bonds. The number of carboxylic acids is 1. The van der Waals surface area contributed by atoms with Crippen molar-refractivity contribution in [3.63, 3.8) is 0 Å². The third kappa shape index (κ3) is 3.47.